The van der Waals surface area contributed by atoms with Crippen LogP contribution in [0.15, 0.2) is 102 Å². The van der Waals surface area contributed by atoms with Crippen LogP contribution in [0.25, 0.3) is 0 Å². The predicted molar refractivity (Wildman–Crippen MR) is 211 cm³/mol. The summed E-state index contributed by atoms with van der Waals surface area (Å²) < 4.78 is 32.2. The van der Waals surface area contributed by atoms with E-state index in [0.717, 1.165) is 22.3 Å². The number of fused-ring (bicyclic) bond motifs is 11. The molecule has 0 saturated heterocycles. The summed E-state index contributed by atoms with van der Waals surface area (Å²) in [6.07, 6.45) is 2.52. The van der Waals surface area contributed by atoms with Gasteiger partial charge in [0.1, 0.15) is 28.9 Å². The van der Waals surface area contributed by atoms with Crippen LogP contribution in [0.4, 0.5) is 0 Å². The van der Waals surface area contributed by atoms with E-state index in [2.05, 4.69) is 30.3 Å². The van der Waals surface area contributed by atoms with E-state index in [4.69, 9.17) is 10.6 Å². The minimum atomic E-state index is -3.00. The lowest BCUT2D eigenvalue weighted by atomic mass is 9.81. The van der Waals surface area contributed by atoms with Crippen molar-refractivity contribution in [2.45, 2.75) is 58.7 Å². The minimum absolute atomic E-state index is 0.00901. The Hall–Kier alpha value is -5.97. The number of benzene rings is 3. The minimum Gasteiger partial charge on any atom is -0.748 e. The number of nitrogens with one attached hydrogen (secondary N) is 4. The van der Waals surface area contributed by atoms with Crippen LogP contribution in [0, 0.1) is 17.8 Å². The first-order valence-electron chi connectivity index (χ1n) is 18.5. The lowest BCUT2D eigenvalue weighted by Gasteiger charge is -2.29. The van der Waals surface area contributed by atoms with Crippen molar-refractivity contribution in [1.82, 2.24) is 26.4 Å². The fourth-order valence-electron chi connectivity index (χ4n) is 6.49. The fourth-order valence-corrected chi connectivity index (χ4v) is 6.64. The molecule has 2 bridgehead atoms. The molecule has 3 heterocycles. The van der Waals surface area contributed by atoms with E-state index in [1.54, 1.807) is 24.3 Å². The van der Waals surface area contributed by atoms with E-state index in [1.807, 2.05) is 86.1 Å². The number of aromatic nitrogens is 1. The standard InChI is InChI=1S/C41H47N7O8S/c1-26(2)21-34-33(40(51)48-56-57(53)54)9-6-20-55-32-17-14-27(15-18-32)22-36(46-39(34)50)41(52)45-24-29-12-10-28(11-13-29)23-44-38(49)31-16-19-35(43-25-31)37(47-42)30-7-4-3-5-8-30/h3-5,7-8,10-19,25-26,33-34,36H,6,9,20-24,42H2,1-2H3,(H,44,49)(H,45,52)(H,46,50)(H,48,51)(H,53,54)/p-1. The van der Waals surface area contributed by atoms with Gasteiger partial charge in [-0.15, -0.1) is 0 Å². The Kier molecular flexibility index (Phi) is 15.4. The third kappa shape index (κ3) is 12.5. The van der Waals surface area contributed by atoms with Crippen molar-refractivity contribution in [2.75, 3.05) is 6.61 Å². The number of hydroxylamine groups is 1. The van der Waals surface area contributed by atoms with E-state index in [9.17, 15) is 27.9 Å². The van der Waals surface area contributed by atoms with Crippen LogP contribution in [0.3, 0.4) is 0 Å². The third-order valence-corrected chi connectivity index (χ3v) is 9.63. The van der Waals surface area contributed by atoms with Crippen molar-refractivity contribution >= 4 is 40.7 Å². The van der Waals surface area contributed by atoms with Crippen LogP contribution in [-0.4, -0.2) is 55.7 Å². The monoisotopic (exact) mass is 796 g/mol. The second kappa shape index (κ2) is 20.8. The van der Waals surface area contributed by atoms with E-state index in [0.29, 0.717) is 35.6 Å². The highest BCUT2D eigenvalue weighted by Gasteiger charge is 2.36. The number of ether oxygens (including phenoxy) is 1. The van der Waals surface area contributed by atoms with E-state index < -0.39 is 47.0 Å². The number of hydrogen-bond acceptors (Lipinski definition) is 11. The summed E-state index contributed by atoms with van der Waals surface area (Å²) in [4.78, 5) is 58.1. The highest BCUT2D eigenvalue weighted by molar-refractivity contribution is 7.74. The molecular weight excluding hydrogens is 751 g/mol. The second-order valence-corrected chi connectivity index (χ2v) is 14.6. The van der Waals surface area contributed by atoms with Gasteiger partial charge in [0.25, 0.3) is 5.91 Å². The number of hydrogen-bond donors (Lipinski definition) is 5. The first-order valence-corrected chi connectivity index (χ1v) is 19.5. The maximum atomic E-state index is 14.0. The van der Waals surface area contributed by atoms with Crippen LogP contribution in [0.5, 0.6) is 5.75 Å². The summed E-state index contributed by atoms with van der Waals surface area (Å²) in [6, 6.07) is 26.3. The molecule has 300 valence electrons. The van der Waals surface area contributed by atoms with Crippen LogP contribution >= 0.6 is 0 Å². The number of carbonyl (C=O) groups excluding carboxylic acids is 4. The Labute approximate surface area is 333 Å². The molecule has 0 aliphatic carbocycles. The molecule has 0 fully saturated rings. The topological polar surface area (TPSA) is 226 Å². The van der Waals surface area contributed by atoms with E-state index >= 15 is 0 Å². The molecule has 2 aliphatic heterocycles. The van der Waals surface area contributed by atoms with Crippen LogP contribution in [-0.2, 0) is 49.5 Å². The molecule has 16 heteroatoms. The lowest BCUT2D eigenvalue weighted by Crippen LogP contribution is -2.52. The van der Waals surface area contributed by atoms with Gasteiger partial charge in [-0.25, -0.2) is 9.69 Å². The van der Waals surface area contributed by atoms with Crippen molar-refractivity contribution in [3.63, 3.8) is 0 Å². The molecule has 57 heavy (non-hydrogen) atoms. The predicted octanol–water partition coefficient (Wildman–Crippen LogP) is 3.36. The molecule has 4 aromatic rings. The zero-order valence-corrected chi connectivity index (χ0v) is 32.5. The van der Waals surface area contributed by atoms with E-state index in [-0.39, 0.29) is 44.4 Å². The molecule has 6 N–H and O–H groups in total. The van der Waals surface area contributed by atoms with Gasteiger partial charge in [-0.2, -0.15) is 9.39 Å². The quantitative estimate of drug-likeness (QED) is 0.0574. The zero-order chi connectivity index (χ0) is 40.7. The van der Waals surface area contributed by atoms with Crippen molar-refractivity contribution in [1.29, 1.82) is 0 Å². The molecule has 6 rings (SSSR count). The second-order valence-electron chi connectivity index (χ2n) is 14.0. The highest BCUT2D eigenvalue weighted by Crippen LogP contribution is 2.27. The van der Waals surface area contributed by atoms with Crippen molar-refractivity contribution in [2.24, 2.45) is 28.7 Å². The van der Waals surface area contributed by atoms with Crippen LogP contribution < -0.4 is 32.0 Å². The molecule has 3 aromatic carbocycles. The number of nitrogens with two attached hydrogens (primary N) is 1. The van der Waals surface area contributed by atoms with Crippen molar-refractivity contribution < 1.29 is 37.0 Å². The largest absolute Gasteiger partial charge is 0.748 e. The molecule has 0 saturated carbocycles. The van der Waals surface area contributed by atoms with Gasteiger partial charge in [-0.3, -0.25) is 24.2 Å². The summed E-state index contributed by atoms with van der Waals surface area (Å²) in [5, 5.41) is 12.6. The van der Waals surface area contributed by atoms with Gasteiger partial charge in [0.15, 0.2) is 0 Å². The van der Waals surface area contributed by atoms with Gasteiger partial charge in [0.05, 0.1) is 23.8 Å². The van der Waals surface area contributed by atoms with Gasteiger partial charge in [-0.05, 0) is 66.1 Å². The summed E-state index contributed by atoms with van der Waals surface area (Å²) in [6.45, 7) is 4.48. The maximum absolute atomic E-state index is 14.0. The van der Waals surface area contributed by atoms with Gasteiger partial charge in [0.2, 0.25) is 17.7 Å². The van der Waals surface area contributed by atoms with E-state index in [1.165, 1.54) is 6.20 Å². The zero-order valence-electron chi connectivity index (χ0n) is 31.6. The molecule has 4 unspecified atom stereocenters. The molecule has 1 aromatic heterocycles. The SMILES string of the molecule is CC(C)CC1C(=O)NC(C(=O)NCc2ccc(CNC(=O)c3ccc(C(=NN)c4ccccc4)nc3)cc2)Cc2ccc(cc2)OCCCC1C(=O)NOS(=O)[O-]. The molecule has 0 radical (unpaired) electrons. The maximum Gasteiger partial charge on any atom is 0.253 e. The average molecular weight is 797 g/mol. The Morgan fingerprint density at radius 2 is 1.63 bits per heavy atom. The van der Waals surface area contributed by atoms with Crippen molar-refractivity contribution in [3.8, 4) is 5.75 Å². The average Bonchev–Trinajstić information content (AvgIpc) is 3.21. The Bertz CT molecular complexity index is 2030. The first kappa shape index (κ1) is 42.2. The Morgan fingerprint density at radius 1 is 0.947 bits per heavy atom. The number of carbonyl (C=O) groups is 4. The van der Waals surface area contributed by atoms with Gasteiger partial charge in [0, 0.05) is 37.2 Å². The Morgan fingerprint density at radius 3 is 2.25 bits per heavy atom. The first-order chi connectivity index (χ1) is 27.5. The van der Waals surface area contributed by atoms with Crippen molar-refractivity contribution in [3.05, 3.63) is 131 Å². The lowest BCUT2D eigenvalue weighted by molar-refractivity contribution is -0.141. The van der Waals surface area contributed by atoms with Crippen LogP contribution in [0.1, 0.15) is 71.4 Å². The highest BCUT2D eigenvalue weighted by atomic mass is 32.2. The summed E-state index contributed by atoms with van der Waals surface area (Å²) in [5.74, 6) is 2.35. The summed E-state index contributed by atoms with van der Waals surface area (Å²) in [7, 11) is 0. The number of rotatable bonds is 13. The fraction of sp³-hybridized carbons (Fsp3) is 0.317. The van der Waals surface area contributed by atoms with Gasteiger partial charge < -0.3 is 31.1 Å². The summed E-state index contributed by atoms with van der Waals surface area (Å²) in [5.41, 5.74) is 6.55. The molecule has 4 amide bonds. The van der Waals surface area contributed by atoms with Gasteiger partial charge >= 0.3 is 0 Å². The molecule has 4 atom stereocenters. The molecule has 2 aliphatic rings. The normalized spacial score (nSPS) is 18.1. The molecule has 0 spiro atoms. The number of nitrogens with zero attached hydrogens (tertiary/aromatic N) is 2. The number of pyridine rings is 1. The Balaban J connectivity index is 1.22. The smallest absolute Gasteiger partial charge is 0.253 e. The number of hydrazone groups is 1. The molecular formula is C41H46N7O8S-. The third-order valence-electron chi connectivity index (χ3n) is 9.41. The molecule has 15 nitrogen and oxygen atoms in total. The summed E-state index contributed by atoms with van der Waals surface area (Å²) >= 11 is -3.00. The number of amides is 4. The van der Waals surface area contributed by atoms with Crippen LogP contribution in [0.2, 0.25) is 0 Å². The van der Waals surface area contributed by atoms with Gasteiger partial charge in [-0.1, -0.05) is 80.6 Å².